The topological polar surface area (TPSA) is 181 Å². The first-order chi connectivity index (χ1) is 15.8. The molecule has 2 N–H and O–H groups in total. The van der Waals surface area contributed by atoms with Gasteiger partial charge in [-0.25, -0.2) is 4.79 Å². The Labute approximate surface area is 201 Å². The number of anilines is 1. The van der Waals surface area contributed by atoms with Crippen molar-refractivity contribution >= 4 is 17.6 Å². The summed E-state index contributed by atoms with van der Waals surface area (Å²) in [5.41, 5.74) is 4.37. The third-order valence-corrected chi connectivity index (χ3v) is 5.92. The molecule has 15 nitrogen and oxygen atoms in total. The maximum atomic E-state index is 11.5. The number of rotatable bonds is 10. The average Bonchev–Trinajstić information content (AvgIpc) is 3.23. The monoisotopic (exact) mass is 507 g/mol. The first kappa shape index (κ1) is 29.3. The van der Waals surface area contributed by atoms with Crippen molar-refractivity contribution in [2.75, 3.05) is 64.0 Å². The minimum Gasteiger partial charge on any atom is -0.383 e. The SMILES string of the molecule is C.CCCN1CCN(CCO[N+](=O)[O-])CC1.Nc1ccn([C@H]2CS[C@@H](CO[N+](=O)[O-])O2)c(=O)n1. The molecule has 0 amide bonds. The molecule has 0 aliphatic carbocycles. The van der Waals surface area contributed by atoms with Crippen LogP contribution in [0.15, 0.2) is 17.1 Å². The molecular weight excluding hydrogens is 474 g/mol. The van der Waals surface area contributed by atoms with Crippen molar-refractivity contribution in [2.45, 2.75) is 32.4 Å². The molecule has 0 unspecified atom stereocenters. The highest BCUT2D eigenvalue weighted by atomic mass is 32.2. The molecule has 2 aliphatic heterocycles. The van der Waals surface area contributed by atoms with Crippen molar-refractivity contribution in [3.63, 3.8) is 0 Å². The van der Waals surface area contributed by atoms with Crippen LogP contribution >= 0.6 is 11.8 Å². The van der Waals surface area contributed by atoms with Gasteiger partial charge in [-0.3, -0.25) is 9.47 Å². The zero-order chi connectivity index (χ0) is 24.2. The molecule has 0 aromatic carbocycles. The Hall–Kier alpha value is -2.69. The average molecular weight is 508 g/mol. The smallest absolute Gasteiger partial charge is 0.351 e. The summed E-state index contributed by atoms with van der Waals surface area (Å²) in [5.74, 6) is 0.618. The van der Waals surface area contributed by atoms with Crippen LogP contribution in [0.5, 0.6) is 0 Å². The number of ether oxygens (including phenoxy) is 1. The van der Waals surface area contributed by atoms with Crippen LogP contribution in [0.1, 0.15) is 27.0 Å². The van der Waals surface area contributed by atoms with E-state index in [0.29, 0.717) is 12.3 Å². The van der Waals surface area contributed by atoms with E-state index >= 15 is 0 Å². The number of thioether (sulfide) groups is 1. The van der Waals surface area contributed by atoms with Gasteiger partial charge in [0.25, 0.3) is 10.2 Å². The van der Waals surface area contributed by atoms with Gasteiger partial charge in [0.2, 0.25) is 0 Å². The molecule has 0 saturated carbocycles. The maximum Gasteiger partial charge on any atom is 0.351 e. The highest BCUT2D eigenvalue weighted by molar-refractivity contribution is 8.00. The van der Waals surface area contributed by atoms with Crippen LogP contribution in [-0.4, -0.2) is 93.2 Å². The van der Waals surface area contributed by atoms with Crippen molar-refractivity contribution in [3.05, 3.63) is 43.0 Å². The van der Waals surface area contributed by atoms with Gasteiger partial charge < -0.3 is 25.0 Å². The molecule has 0 radical (unpaired) electrons. The lowest BCUT2D eigenvalue weighted by atomic mass is 10.3. The molecule has 194 valence electrons. The Kier molecular flexibility index (Phi) is 13.2. The van der Waals surface area contributed by atoms with E-state index in [1.165, 1.54) is 35.0 Å². The zero-order valence-corrected chi connectivity index (χ0v) is 19.1. The molecule has 1 aromatic heterocycles. The van der Waals surface area contributed by atoms with Crippen LogP contribution in [0.25, 0.3) is 0 Å². The van der Waals surface area contributed by atoms with Gasteiger partial charge in [-0.1, -0.05) is 14.4 Å². The predicted molar refractivity (Wildman–Crippen MR) is 125 cm³/mol. The lowest BCUT2D eigenvalue weighted by Gasteiger charge is -2.34. The van der Waals surface area contributed by atoms with E-state index in [4.69, 9.17) is 10.5 Å². The van der Waals surface area contributed by atoms with Gasteiger partial charge in [0.05, 0.1) is 0 Å². The first-order valence-electron chi connectivity index (χ1n) is 10.4. The predicted octanol–water partition coefficient (Wildman–Crippen LogP) is 0.480. The number of hydrogen-bond donors (Lipinski definition) is 1. The van der Waals surface area contributed by atoms with E-state index in [2.05, 4.69) is 31.4 Å². The van der Waals surface area contributed by atoms with Gasteiger partial charge in [-0.2, -0.15) is 4.98 Å². The Morgan fingerprint density at radius 1 is 1.18 bits per heavy atom. The summed E-state index contributed by atoms with van der Waals surface area (Å²) in [6, 6.07) is 1.48. The second-order valence-corrected chi connectivity index (χ2v) is 8.35. The Morgan fingerprint density at radius 2 is 1.79 bits per heavy atom. The summed E-state index contributed by atoms with van der Waals surface area (Å²) in [6.07, 6.45) is 2.15. The van der Waals surface area contributed by atoms with E-state index in [9.17, 15) is 25.0 Å². The third kappa shape index (κ3) is 10.5. The van der Waals surface area contributed by atoms with Gasteiger partial charge >= 0.3 is 5.69 Å². The van der Waals surface area contributed by atoms with Gasteiger partial charge in [-0.05, 0) is 19.0 Å². The molecule has 34 heavy (non-hydrogen) atoms. The molecule has 2 aliphatic rings. The van der Waals surface area contributed by atoms with E-state index in [1.54, 1.807) is 0 Å². The fourth-order valence-corrected chi connectivity index (χ4v) is 4.22. The second-order valence-electron chi connectivity index (χ2n) is 7.16. The molecule has 2 saturated heterocycles. The molecule has 2 fully saturated rings. The third-order valence-electron chi connectivity index (χ3n) is 4.82. The Bertz CT molecular complexity index is 822. The first-order valence-corrected chi connectivity index (χ1v) is 11.4. The quantitative estimate of drug-likeness (QED) is 0.341. The van der Waals surface area contributed by atoms with E-state index in [-0.39, 0.29) is 26.5 Å². The minimum absolute atomic E-state index is 0. The van der Waals surface area contributed by atoms with Crippen LogP contribution in [0.2, 0.25) is 0 Å². The highest BCUT2D eigenvalue weighted by Crippen LogP contribution is 2.30. The van der Waals surface area contributed by atoms with Crippen molar-refractivity contribution in [1.82, 2.24) is 19.4 Å². The highest BCUT2D eigenvalue weighted by Gasteiger charge is 2.28. The number of nitrogens with two attached hydrogens (primary N) is 1. The summed E-state index contributed by atoms with van der Waals surface area (Å²) < 4.78 is 6.72. The van der Waals surface area contributed by atoms with Gasteiger partial charge in [-0.15, -0.1) is 32.0 Å². The van der Waals surface area contributed by atoms with Crippen LogP contribution in [0.4, 0.5) is 5.82 Å². The fraction of sp³-hybridized carbons (Fsp3) is 0.778. The fourth-order valence-electron chi connectivity index (χ4n) is 3.24. The largest absolute Gasteiger partial charge is 0.383 e. The normalized spacial score (nSPS) is 20.5. The van der Waals surface area contributed by atoms with Gasteiger partial charge in [0.15, 0.2) is 0 Å². The summed E-state index contributed by atoms with van der Waals surface area (Å²) in [5, 5.41) is 18.4. The lowest BCUT2D eigenvalue weighted by molar-refractivity contribution is -0.758. The Morgan fingerprint density at radius 3 is 2.35 bits per heavy atom. The number of aromatic nitrogens is 2. The van der Waals surface area contributed by atoms with Crippen LogP contribution in [0, 0.1) is 20.2 Å². The number of nitrogens with zero attached hydrogens (tertiary/aromatic N) is 6. The van der Waals surface area contributed by atoms with Crippen molar-refractivity contribution in [3.8, 4) is 0 Å². The summed E-state index contributed by atoms with van der Waals surface area (Å²) in [4.78, 5) is 48.2. The number of nitrogen functional groups attached to an aromatic ring is 1. The molecule has 0 spiro atoms. The molecular formula is C18H33N7O8S. The van der Waals surface area contributed by atoms with Crippen molar-refractivity contribution in [1.29, 1.82) is 0 Å². The molecule has 16 heteroatoms. The maximum absolute atomic E-state index is 11.5. The van der Waals surface area contributed by atoms with Crippen LogP contribution in [0.3, 0.4) is 0 Å². The van der Waals surface area contributed by atoms with E-state index in [1.807, 2.05) is 0 Å². The van der Waals surface area contributed by atoms with Crippen LogP contribution < -0.4 is 11.4 Å². The summed E-state index contributed by atoms with van der Waals surface area (Å²) in [7, 11) is 0. The van der Waals surface area contributed by atoms with Crippen LogP contribution in [-0.2, 0) is 14.4 Å². The lowest BCUT2D eigenvalue weighted by Crippen LogP contribution is -2.47. The molecule has 3 rings (SSSR count). The minimum atomic E-state index is -0.881. The second kappa shape index (κ2) is 15.3. The number of piperazine rings is 1. The molecule has 3 heterocycles. The molecule has 1 aromatic rings. The van der Waals surface area contributed by atoms with E-state index < -0.39 is 27.5 Å². The van der Waals surface area contributed by atoms with Crippen molar-refractivity contribution < 1.29 is 24.6 Å². The summed E-state index contributed by atoms with van der Waals surface area (Å²) >= 11 is 1.33. The molecule has 0 bridgehead atoms. The summed E-state index contributed by atoms with van der Waals surface area (Å²) in [6.45, 7) is 8.09. The van der Waals surface area contributed by atoms with Gasteiger partial charge in [0, 0.05) is 44.7 Å². The van der Waals surface area contributed by atoms with E-state index in [0.717, 1.165) is 32.7 Å². The standard InChI is InChI=1S/C9H19N3O3.C8H10N4O5S.CH4/c1-2-3-10-4-6-11(7-5-10)8-9-15-12(13)14;9-5-1-2-11(8(13)10-5)6-4-18-7(17-6)3-16-12(14)15;/h2-9H2,1H3;1-2,6-7H,3-4H2,(H2,9,10,13);1H4/t;6-,7+;/m.1./s1. The zero-order valence-electron chi connectivity index (χ0n) is 18.3. The van der Waals surface area contributed by atoms with Crippen molar-refractivity contribution in [2.24, 2.45) is 0 Å². The number of hydrogen-bond acceptors (Lipinski definition) is 13. The van der Waals surface area contributed by atoms with Gasteiger partial charge in [0.1, 0.15) is 30.7 Å². The molecule has 2 atom stereocenters. The Balaban J connectivity index is 0.000000336.